The number of aromatic nitrogens is 2. The number of nitrogens with two attached hydrogens (primary N) is 1. The van der Waals surface area contributed by atoms with E-state index in [2.05, 4.69) is 37.0 Å². The molecule has 0 radical (unpaired) electrons. The van der Waals surface area contributed by atoms with E-state index in [-0.39, 0.29) is 5.41 Å². The predicted molar refractivity (Wildman–Crippen MR) is 69.8 cm³/mol. The molecule has 17 heavy (non-hydrogen) atoms. The van der Waals surface area contributed by atoms with Crippen LogP contribution in [-0.2, 0) is 12.5 Å². The van der Waals surface area contributed by atoms with Crippen molar-refractivity contribution in [1.82, 2.24) is 9.55 Å². The monoisotopic (exact) mass is 229 g/mol. The fourth-order valence-electron chi connectivity index (χ4n) is 3.10. The Hall–Kier alpha value is -1.35. The molecule has 1 aliphatic rings. The lowest BCUT2D eigenvalue weighted by atomic mass is 9.88. The maximum atomic E-state index is 6.00. The zero-order chi connectivity index (χ0) is 12.3. The fraction of sp³-hybridized carbons (Fsp3) is 0.500. The van der Waals surface area contributed by atoms with Gasteiger partial charge in [0.15, 0.2) is 0 Å². The first-order valence-electron chi connectivity index (χ1n) is 6.12. The standard InChI is InChI=1S/C14H19N3/c1-13(2)7-14(13,8-15)10-4-5-12-11(6-10)16-9-17(12)3/h4-6,9H,7-8,15H2,1-3H3. The minimum absolute atomic E-state index is 0.165. The van der Waals surface area contributed by atoms with Crippen molar-refractivity contribution in [2.75, 3.05) is 6.54 Å². The van der Waals surface area contributed by atoms with Gasteiger partial charge in [0.25, 0.3) is 0 Å². The molecule has 0 saturated heterocycles. The predicted octanol–water partition coefficient (Wildman–Crippen LogP) is 2.20. The average molecular weight is 229 g/mol. The Balaban J connectivity index is 2.13. The SMILES string of the molecule is Cn1cnc2cc(C3(CN)CC3(C)C)ccc21. The third-order valence-corrected chi connectivity index (χ3v) is 4.54. The second-order valence-electron chi connectivity index (χ2n) is 5.91. The molecule has 1 heterocycles. The molecule has 90 valence electrons. The second-order valence-corrected chi connectivity index (χ2v) is 5.91. The van der Waals surface area contributed by atoms with Gasteiger partial charge in [-0.05, 0) is 29.5 Å². The number of aryl methyl sites for hydroxylation is 1. The van der Waals surface area contributed by atoms with Crippen molar-refractivity contribution in [3.63, 3.8) is 0 Å². The second kappa shape index (κ2) is 3.10. The van der Waals surface area contributed by atoms with Crippen LogP contribution < -0.4 is 5.73 Å². The Morgan fingerprint density at radius 3 is 2.71 bits per heavy atom. The van der Waals surface area contributed by atoms with Crippen molar-refractivity contribution in [1.29, 1.82) is 0 Å². The Morgan fingerprint density at radius 2 is 2.12 bits per heavy atom. The molecule has 1 aromatic carbocycles. The fourth-order valence-corrected chi connectivity index (χ4v) is 3.10. The van der Waals surface area contributed by atoms with Crippen LogP contribution in [0.15, 0.2) is 24.5 Å². The van der Waals surface area contributed by atoms with Gasteiger partial charge >= 0.3 is 0 Å². The van der Waals surface area contributed by atoms with Crippen LogP contribution >= 0.6 is 0 Å². The quantitative estimate of drug-likeness (QED) is 0.858. The van der Waals surface area contributed by atoms with Crippen molar-refractivity contribution < 1.29 is 0 Å². The van der Waals surface area contributed by atoms with Crippen molar-refractivity contribution >= 4 is 11.0 Å². The molecule has 3 heteroatoms. The summed E-state index contributed by atoms with van der Waals surface area (Å²) in [5.41, 5.74) is 10.1. The van der Waals surface area contributed by atoms with Crippen molar-refractivity contribution in [3.05, 3.63) is 30.1 Å². The van der Waals surface area contributed by atoms with Crippen molar-refractivity contribution in [2.24, 2.45) is 18.2 Å². The summed E-state index contributed by atoms with van der Waals surface area (Å²) >= 11 is 0. The maximum Gasteiger partial charge on any atom is 0.0955 e. The molecule has 3 rings (SSSR count). The maximum absolute atomic E-state index is 6.00. The van der Waals surface area contributed by atoms with Crippen LogP contribution in [0.1, 0.15) is 25.8 Å². The number of nitrogens with zero attached hydrogens (tertiary/aromatic N) is 2. The molecule has 1 aliphatic carbocycles. The summed E-state index contributed by atoms with van der Waals surface area (Å²) in [5, 5.41) is 0. The summed E-state index contributed by atoms with van der Waals surface area (Å²) in [6, 6.07) is 6.58. The molecule has 0 aliphatic heterocycles. The number of fused-ring (bicyclic) bond motifs is 1. The Morgan fingerprint density at radius 1 is 1.41 bits per heavy atom. The van der Waals surface area contributed by atoms with Gasteiger partial charge in [0.05, 0.1) is 17.4 Å². The molecule has 0 spiro atoms. The van der Waals surface area contributed by atoms with Gasteiger partial charge in [0.2, 0.25) is 0 Å². The number of rotatable bonds is 2. The van der Waals surface area contributed by atoms with Crippen LogP contribution in [0.2, 0.25) is 0 Å². The number of hydrogen-bond donors (Lipinski definition) is 1. The summed E-state index contributed by atoms with van der Waals surface area (Å²) in [7, 11) is 2.02. The number of hydrogen-bond acceptors (Lipinski definition) is 2. The zero-order valence-electron chi connectivity index (χ0n) is 10.7. The van der Waals surface area contributed by atoms with Gasteiger partial charge < -0.3 is 10.3 Å². The molecule has 0 amide bonds. The highest BCUT2D eigenvalue weighted by atomic mass is 15.0. The molecular formula is C14H19N3. The minimum Gasteiger partial charge on any atom is -0.334 e. The van der Waals surface area contributed by atoms with Gasteiger partial charge in [0, 0.05) is 19.0 Å². The first kappa shape index (κ1) is 10.8. The van der Waals surface area contributed by atoms with Crippen LogP contribution in [0.3, 0.4) is 0 Å². The summed E-state index contributed by atoms with van der Waals surface area (Å²) in [4.78, 5) is 4.42. The highest BCUT2D eigenvalue weighted by Gasteiger charge is 2.60. The lowest BCUT2D eigenvalue weighted by Crippen LogP contribution is -2.25. The summed E-state index contributed by atoms with van der Waals surface area (Å²) in [6.07, 6.45) is 3.04. The van der Waals surface area contributed by atoms with E-state index in [1.165, 1.54) is 17.5 Å². The summed E-state index contributed by atoms with van der Waals surface area (Å²) in [6.45, 7) is 5.31. The molecule has 3 nitrogen and oxygen atoms in total. The third kappa shape index (κ3) is 1.29. The topological polar surface area (TPSA) is 43.8 Å². The molecule has 1 aromatic heterocycles. The summed E-state index contributed by atoms with van der Waals surface area (Å²) in [5.74, 6) is 0. The van der Waals surface area contributed by atoms with E-state index in [9.17, 15) is 0 Å². The molecule has 1 saturated carbocycles. The van der Waals surface area contributed by atoms with E-state index in [1.807, 2.05) is 17.9 Å². The highest BCUT2D eigenvalue weighted by molar-refractivity contribution is 5.76. The molecular weight excluding hydrogens is 210 g/mol. The average Bonchev–Trinajstić information content (AvgIpc) is 2.69. The first-order valence-corrected chi connectivity index (χ1v) is 6.12. The lowest BCUT2D eigenvalue weighted by Gasteiger charge is -2.19. The molecule has 0 bridgehead atoms. The van der Waals surface area contributed by atoms with Gasteiger partial charge in [-0.2, -0.15) is 0 Å². The van der Waals surface area contributed by atoms with Crippen LogP contribution in [0.25, 0.3) is 11.0 Å². The largest absolute Gasteiger partial charge is 0.334 e. The highest BCUT2D eigenvalue weighted by Crippen LogP contribution is 2.63. The molecule has 1 unspecified atom stereocenters. The summed E-state index contributed by atoms with van der Waals surface area (Å²) < 4.78 is 2.05. The normalized spacial score (nSPS) is 26.4. The Labute approximate surface area is 102 Å². The first-order chi connectivity index (χ1) is 8.00. The smallest absolute Gasteiger partial charge is 0.0955 e. The molecule has 1 atom stereocenters. The molecule has 2 N–H and O–H groups in total. The molecule has 1 fully saturated rings. The van der Waals surface area contributed by atoms with Crippen LogP contribution in [0.4, 0.5) is 0 Å². The minimum atomic E-state index is 0.165. The van der Waals surface area contributed by atoms with Crippen LogP contribution in [-0.4, -0.2) is 16.1 Å². The van der Waals surface area contributed by atoms with E-state index in [4.69, 9.17) is 5.73 Å². The Kier molecular flexibility index (Phi) is 1.97. The van der Waals surface area contributed by atoms with Gasteiger partial charge in [-0.3, -0.25) is 0 Å². The van der Waals surface area contributed by atoms with E-state index >= 15 is 0 Å². The number of benzene rings is 1. The van der Waals surface area contributed by atoms with Gasteiger partial charge in [-0.25, -0.2) is 4.98 Å². The van der Waals surface area contributed by atoms with E-state index < -0.39 is 0 Å². The van der Waals surface area contributed by atoms with Crippen LogP contribution in [0.5, 0.6) is 0 Å². The van der Waals surface area contributed by atoms with Crippen molar-refractivity contribution in [3.8, 4) is 0 Å². The lowest BCUT2D eigenvalue weighted by molar-refractivity contribution is 0.503. The molecule has 2 aromatic rings. The van der Waals surface area contributed by atoms with Gasteiger partial charge in [-0.1, -0.05) is 19.9 Å². The van der Waals surface area contributed by atoms with Gasteiger partial charge in [-0.15, -0.1) is 0 Å². The van der Waals surface area contributed by atoms with Crippen LogP contribution in [0, 0.1) is 5.41 Å². The third-order valence-electron chi connectivity index (χ3n) is 4.54. The van der Waals surface area contributed by atoms with E-state index in [0.29, 0.717) is 5.41 Å². The Bertz CT molecular complexity index is 582. The zero-order valence-corrected chi connectivity index (χ0v) is 10.7. The number of imidazole rings is 1. The van der Waals surface area contributed by atoms with E-state index in [1.54, 1.807) is 0 Å². The van der Waals surface area contributed by atoms with E-state index in [0.717, 1.165) is 12.1 Å². The van der Waals surface area contributed by atoms with Gasteiger partial charge in [0.1, 0.15) is 0 Å². The van der Waals surface area contributed by atoms with Crippen molar-refractivity contribution in [2.45, 2.75) is 25.7 Å².